The topological polar surface area (TPSA) is 58.4 Å². The number of nitrogens with zero attached hydrogens (tertiary/aromatic N) is 1. The summed E-state index contributed by atoms with van der Waals surface area (Å²) >= 11 is 0. The maximum atomic E-state index is 12.0. The summed E-state index contributed by atoms with van der Waals surface area (Å²) in [6, 6.07) is 10.1. The Balaban J connectivity index is 0.00000242. The lowest BCUT2D eigenvalue weighted by molar-refractivity contribution is -0.122. The van der Waals surface area contributed by atoms with Crippen LogP contribution in [0.4, 0.5) is 0 Å². The average Bonchev–Trinajstić information content (AvgIpc) is 3.02. The van der Waals surface area contributed by atoms with E-state index in [0.717, 1.165) is 12.1 Å². The minimum absolute atomic E-state index is 0. The summed E-state index contributed by atoms with van der Waals surface area (Å²) in [5.41, 5.74) is 7.06. The van der Waals surface area contributed by atoms with Crippen LogP contribution in [0, 0.1) is 0 Å². The van der Waals surface area contributed by atoms with Gasteiger partial charge >= 0.3 is 0 Å². The lowest BCUT2D eigenvalue weighted by Gasteiger charge is -2.24. The van der Waals surface area contributed by atoms with Crippen LogP contribution in [0.5, 0.6) is 0 Å². The van der Waals surface area contributed by atoms with E-state index in [4.69, 9.17) is 5.73 Å². The van der Waals surface area contributed by atoms with Gasteiger partial charge in [0.1, 0.15) is 0 Å². The monoisotopic (exact) mass is 361 g/mol. The van der Waals surface area contributed by atoms with Gasteiger partial charge in [0.15, 0.2) is 0 Å². The summed E-state index contributed by atoms with van der Waals surface area (Å²) in [7, 11) is 2.14. The Morgan fingerprint density at radius 2 is 1.87 bits per heavy atom. The predicted octanol–water partition coefficient (Wildman–Crippen LogP) is 2.39. The third-order valence-electron chi connectivity index (χ3n) is 4.35. The van der Waals surface area contributed by atoms with Crippen LogP contribution in [-0.2, 0) is 11.2 Å². The second kappa shape index (κ2) is 11.7. The molecule has 0 spiro atoms. The molecule has 1 unspecified atom stereocenters. The highest BCUT2D eigenvalue weighted by Gasteiger charge is 2.19. The molecular formula is C17H29Cl2N3O. The normalized spacial score (nSPS) is 15.6. The van der Waals surface area contributed by atoms with Crippen LogP contribution in [-0.4, -0.2) is 43.0 Å². The Morgan fingerprint density at radius 1 is 1.26 bits per heavy atom. The predicted molar refractivity (Wildman–Crippen MR) is 101 cm³/mol. The molecule has 1 aliphatic carbocycles. The molecule has 0 saturated heterocycles. The first kappa shape index (κ1) is 22.2. The Bertz CT molecular complexity index is 439. The number of hydrogen-bond acceptors (Lipinski definition) is 3. The number of rotatable bonds is 7. The summed E-state index contributed by atoms with van der Waals surface area (Å²) < 4.78 is 0. The van der Waals surface area contributed by atoms with Crippen LogP contribution in [0.25, 0.3) is 0 Å². The van der Waals surface area contributed by atoms with Crippen LogP contribution in [0.3, 0.4) is 0 Å². The molecule has 0 radical (unpaired) electrons. The first-order chi connectivity index (χ1) is 10.2. The minimum atomic E-state index is -0.468. The molecule has 132 valence electrons. The first-order valence-electron chi connectivity index (χ1n) is 7.94. The number of carbonyl (C=O) groups is 1. The van der Waals surface area contributed by atoms with Crippen molar-refractivity contribution < 1.29 is 4.79 Å². The van der Waals surface area contributed by atoms with Crippen molar-refractivity contribution in [3.8, 4) is 0 Å². The van der Waals surface area contributed by atoms with Crippen molar-refractivity contribution in [1.82, 2.24) is 10.2 Å². The van der Waals surface area contributed by atoms with E-state index in [-0.39, 0.29) is 30.7 Å². The molecule has 1 aromatic rings. The fourth-order valence-electron chi connectivity index (χ4n) is 2.97. The zero-order valence-corrected chi connectivity index (χ0v) is 15.4. The van der Waals surface area contributed by atoms with Gasteiger partial charge in [-0.15, -0.1) is 24.8 Å². The molecule has 6 heteroatoms. The molecule has 4 nitrogen and oxygen atoms in total. The summed E-state index contributed by atoms with van der Waals surface area (Å²) in [5.74, 6) is -0.0568. The van der Waals surface area contributed by atoms with Crippen molar-refractivity contribution in [3.05, 3.63) is 35.9 Å². The van der Waals surface area contributed by atoms with Gasteiger partial charge in [0.05, 0.1) is 6.04 Å². The summed E-state index contributed by atoms with van der Waals surface area (Å²) in [5, 5.41) is 2.95. The highest BCUT2D eigenvalue weighted by Crippen LogP contribution is 2.21. The van der Waals surface area contributed by atoms with Gasteiger partial charge in [-0.25, -0.2) is 0 Å². The number of halogens is 2. The van der Waals surface area contributed by atoms with Gasteiger partial charge in [0, 0.05) is 19.1 Å². The maximum Gasteiger partial charge on any atom is 0.237 e. The number of amides is 1. The SMILES string of the molecule is CN(CCNC(=O)C(N)Cc1ccccc1)C1CCCC1.Cl.Cl. The van der Waals surface area contributed by atoms with Crippen molar-refractivity contribution in [2.24, 2.45) is 5.73 Å². The standard InChI is InChI=1S/C17H27N3O.2ClH/c1-20(15-9-5-6-10-15)12-11-19-17(21)16(18)13-14-7-3-2-4-8-14;;/h2-4,7-8,15-16H,5-6,9-13,18H2,1H3,(H,19,21);2*1H. The third kappa shape index (κ3) is 7.53. The van der Waals surface area contributed by atoms with E-state index in [1.54, 1.807) is 0 Å². The Hall–Kier alpha value is -0.810. The molecule has 0 heterocycles. The average molecular weight is 362 g/mol. The van der Waals surface area contributed by atoms with E-state index < -0.39 is 6.04 Å². The van der Waals surface area contributed by atoms with E-state index in [9.17, 15) is 4.79 Å². The molecule has 0 bridgehead atoms. The molecule has 1 saturated carbocycles. The summed E-state index contributed by atoms with van der Waals surface area (Å²) in [6.07, 6.45) is 5.84. The van der Waals surface area contributed by atoms with Gasteiger partial charge in [0.25, 0.3) is 0 Å². The quantitative estimate of drug-likeness (QED) is 0.783. The molecule has 1 aromatic carbocycles. The number of nitrogens with one attached hydrogen (secondary N) is 1. The smallest absolute Gasteiger partial charge is 0.237 e. The minimum Gasteiger partial charge on any atom is -0.353 e. The van der Waals surface area contributed by atoms with Gasteiger partial charge in [0.2, 0.25) is 5.91 Å². The molecule has 1 atom stereocenters. The molecule has 1 aliphatic rings. The lowest BCUT2D eigenvalue weighted by atomic mass is 10.1. The third-order valence-corrected chi connectivity index (χ3v) is 4.35. The van der Waals surface area contributed by atoms with Crippen molar-refractivity contribution in [2.75, 3.05) is 20.1 Å². The van der Waals surface area contributed by atoms with Gasteiger partial charge in [-0.3, -0.25) is 4.79 Å². The van der Waals surface area contributed by atoms with Crippen LogP contribution < -0.4 is 11.1 Å². The van der Waals surface area contributed by atoms with Crippen molar-refractivity contribution in [3.63, 3.8) is 0 Å². The van der Waals surface area contributed by atoms with E-state index in [2.05, 4.69) is 17.3 Å². The Labute approximate surface area is 152 Å². The molecule has 3 N–H and O–H groups in total. The van der Waals surface area contributed by atoms with Crippen molar-refractivity contribution in [2.45, 2.75) is 44.2 Å². The molecule has 0 aromatic heterocycles. The fraction of sp³-hybridized carbons (Fsp3) is 0.588. The first-order valence-corrected chi connectivity index (χ1v) is 7.94. The van der Waals surface area contributed by atoms with E-state index in [1.165, 1.54) is 25.7 Å². The van der Waals surface area contributed by atoms with Crippen LogP contribution in [0.15, 0.2) is 30.3 Å². The second-order valence-corrected chi connectivity index (χ2v) is 6.01. The number of nitrogens with two attached hydrogens (primary N) is 1. The molecule has 0 aliphatic heterocycles. The largest absolute Gasteiger partial charge is 0.353 e. The maximum absolute atomic E-state index is 12.0. The van der Waals surface area contributed by atoms with Crippen LogP contribution in [0.2, 0.25) is 0 Å². The second-order valence-electron chi connectivity index (χ2n) is 6.01. The zero-order valence-electron chi connectivity index (χ0n) is 13.7. The van der Waals surface area contributed by atoms with Gasteiger partial charge in [-0.05, 0) is 31.9 Å². The van der Waals surface area contributed by atoms with E-state index in [1.807, 2.05) is 30.3 Å². The van der Waals surface area contributed by atoms with E-state index in [0.29, 0.717) is 19.0 Å². The van der Waals surface area contributed by atoms with Gasteiger partial charge in [-0.1, -0.05) is 43.2 Å². The van der Waals surface area contributed by atoms with Crippen molar-refractivity contribution in [1.29, 1.82) is 0 Å². The highest BCUT2D eigenvalue weighted by molar-refractivity contribution is 5.85. The molecule has 2 rings (SSSR count). The van der Waals surface area contributed by atoms with Crippen LogP contribution >= 0.6 is 24.8 Å². The Morgan fingerprint density at radius 3 is 2.48 bits per heavy atom. The highest BCUT2D eigenvalue weighted by atomic mass is 35.5. The lowest BCUT2D eigenvalue weighted by Crippen LogP contribution is -2.45. The van der Waals surface area contributed by atoms with E-state index >= 15 is 0 Å². The number of hydrogen-bond donors (Lipinski definition) is 2. The molecule has 23 heavy (non-hydrogen) atoms. The molecular weight excluding hydrogens is 333 g/mol. The Kier molecular flexibility index (Phi) is 11.3. The molecule has 1 fully saturated rings. The van der Waals surface area contributed by atoms with Crippen molar-refractivity contribution >= 4 is 30.7 Å². The molecule has 1 amide bonds. The van der Waals surface area contributed by atoms with Gasteiger partial charge < -0.3 is 16.0 Å². The number of benzene rings is 1. The number of carbonyl (C=O) groups excluding carboxylic acids is 1. The number of likely N-dealkylation sites (N-methyl/N-ethyl adjacent to an activating group) is 1. The zero-order chi connectivity index (χ0) is 15.1. The van der Waals surface area contributed by atoms with Crippen LogP contribution in [0.1, 0.15) is 31.2 Å². The van der Waals surface area contributed by atoms with Gasteiger partial charge in [-0.2, -0.15) is 0 Å². The summed E-state index contributed by atoms with van der Waals surface area (Å²) in [4.78, 5) is 14.4. The summed E-state index contributed by atoms with van der Waals surface area (Å²) in [6.45, 7) is 1.57. The fourth-order valence-corrected chi connectivity index (χ4v) is 2.97.